The average molecular weight is 322 g/mol. The maximum atomic E-state index is 13.2. The van der Waals surface area contributed by atoms with Crippen LogP contribution >= 0.6 is 0 Å². The summed E-state index contributed by atoms with van der Waals surface area (Å²) in [5.74, 6) is 0.889. The molecule has 1 aliphatic heterocycles. The molecule has 2 aromatic carbocycles. The lowest BCUT2D eigenvalue weighted by Gasteiger charge is -2.29. The summed E-state index contributed by atoms with van der Waals surface area (Å²) in [5, 5.41) is 9.11. The normalized spacial score (nSPS) is 12.6. The number of hydrogen-bond donors (Lipinski definition) is 0. The minimum Gasteiger partial charge on any atom is -0.486 e. The fourth-order valence-corrected chi connectivity index (χ4v) is 2.75. The lowest BCUT2D eigenvalue weighted by molar-refractivity contribution is 0.0969. The van der Waals surface area contributed by atoms with E-state index in [0.29, 0.717) is 41.5 Å². The number of fused-ring (bicyclic) bond motifs is 1. The number of anilines is 1. The third kappa shape index (κ3) is 2.91. The topological polar surface area (TPSA) is 62.6 Å². The molecule has 0 saturated carbocycles. The summed E-state index contributed by atoms with van der Waals surface area (Å²) in [4.78, 5) is 14.8. The summed E-state index contributed by atoms with van der Waals surface area (Å²) in [7, 11) is 0. The summed E-state index contributed by atoms with van der Waals surface area (Å²) < 4.78 is 11.2. The van der Waals surface area contributed by atoms with Crippen molar-refractivity contribution in [3.05, 3.63) is 53.6 Å². The molecule has 5 nitrogen and oxygen atoms in total. The third-order valence-electron chi connectivity index (χ3n) is 3.79. The van der Waals surface area contributed by atoms with Gasteiger partial charge in [-0.05, 0) is 44.2 Å². The van der Waals surface area contributed by atoms with Gasteiger partial charge in [-0.1, -0.05) is 12.1 Å². The van der Waals surface area contributed by atoms with E-state index in [1.165, 1.54) is 0 Å². The summed E-state index contributed by atoms with van der Waals surface area (Å²) >= 11 is 0. The SMILES string of the molecule is CC(C)N(C(=O)c1cccc2c1OCCO2)c1cccc(C#N)c1. The second-order valence-electron chi connectivity index (χ2n) is 5.76. The largest absolute Gasteiger partial charge is 0.486 e. The molecule has 0 N–H and O–H groups in total. The molecule has 0 radical (unpaired) electrons. The first-order valence-corrected chi connectivity index (χ1v) is 7.84. The summed E-state index contributed by atoms with van der Waals surface area (Å²) in [5.41, 5.74) is 1.66. The van der Waals surface area contributed by atoms with Crippen molar-refractivity contribution in [3.63, 3.8) is 0 Å². The molecule has 0 unspecified atom stereocenters. The van der Waals surface area contributed by atoms with Crippen molar-refractivity contribution in [2.75, 3.05) is 18.1 Å². The fraction of sp³-hybridized carbons (Fsp3) is 0.263. The van der Waals surface area contributed by atoms with Crippen LogP contribution in [0.1, 0.15) is 29.8 Å². The van der Waals surface area contributed by atoms with Crippen molar-refractivity contribution < 1.29 is 14.3 Å². The smallest absolute Gasteiger partial charge is 0.262 e. The molecule has 122 valence electrons. The molecule has 3 rings (SSSR count). The number of nitriles is 1. The first kappa shape index (κ1) is 15.9. The highest BCUT2D eigenvalue weighted by atomic mass is 16.6. The van der Waals surface area contributed by atoms with Crippen LogP contribution in [0.15, 0.2) is 42.5 Å². The maximum Gasteiger partial charge on any atom is 0.262 e. The summed E-state index contributed by atoms with van der Waals surface area (Å²) in [6, 6.07) is 14.4. The van der Waals surface area contributed by atoms with Gasteiger partial charge in [-0.25, -0.2) is 0 Å². The van der Waals surface area contributed by atoms with Gasteiger partial charge >= 0.3 is 0 Å². The molecule has 0 atom stereocenters. The molecular formula is C19H18N2O3. The molecule has 0 aromatic heterocycles. The second kappa shape index (κ2) is 6.63. The Morgan fingerprint density at radius 3 is 2.67 bits per heavy atom. The number of benzene rings is 2. The van der Waals surface area contributed by atoms with Crippen LogP contribution in [0.4, 0.5) is 5.69 Å². The number of carbonyl (C=O) groups excluding carboxylic acids is 1. The van der Waals surface area contributed by atoms with Gasteiger partial charge < -0.3 is 14.4 Å². The van der Waals surface area contributed by atoms with E-state index < -0.39 is 0 Å². The van der Waals surface area contributed by atoms with Crippen LogP contribution in [0.5, 0.6) is 11.5 Å². The van der Waals surface area contributed by atoms with E-state index in [1.54, 1.807) is 41.3 Å². The van der Waals surface area contributed by atoms with Crippen LogP contribution < -0.4 is 14.4 Å². The van der Waals surface area contributed by atoms with Crippen molar-refractivity contribution in [1.82, 2.24) is 0 Å². The van der Waals surface area contributed by atoms with Gasteiger partial charge in [0.05, 0.1) is 17.2 Å². The molecular weight excluding hydrogens is 304 g/mol. The molecule has 1 heterocycles. The Kier molecular flexibility index (Phi) is 4.39. The van der Waals surface area contributed by atoms with Crippen molar-refractivity contribution in [2.45, 2.75) is 19.9 Å². The second-order valence-corrected chi connectivity index (χ2v) is 5.76. The first-order valence-electron chi connectivity index (χ1n) is 7.84. The number of nitrogens with zero attached hydrogens (tertiary/aromatic N) is 2. The molecule has 0 bridgehead atoms. The van der Waals surface area contributed by atoms with Crippen molar-refractivity contribution in [3.8, 4) is 17.6 Å². The van der Waals surface area contributed by atoms with Crippen LogP contribution in [-0.4, -0.2) is 25.2 Å². The van der Waals surface area contributed by atoms with Crippen molar-refractivity contribution in [2.24, 2.45) is 0 Å². The zero-order chi connectivity index (χ0) is 17.1. The highest BCUT2D eigenvalue weighted by Gasteiger charge is 2.27. The van der Waals surface area contributed by atoms with Gasteiger partial charge in [0.25, 0.3) is 5.91 Å². The molecule has 2 aromatic rings. The zero-order valence-electron chi connectivity index (χ0n) is 13.7. The minimum atomic E-state index is -0.178. The Morgan fingerprint density at radius 1 is 1.17 bits per heavy atom. The standard InChI is InChI=1S/C19H18N2O3/c1-13(2)21(15-6-3-5-14(11-15)12-20)19(22)16-7-4-8-17-18(16)24-10-9-23-17/h3-8,11,13H,9-10H2,1-2H3. The average Bonchev–Trinajstić information content (AvgIpc) is 2.61. The number of para-hydroxylation sites is 1. The summed E-state index contributed by atoms with van der Waals surface area (Å²) in [6.45, 7) is 4.76. The van der Waals surface area contributed by atoms with Gasteiger partial charge in [-0.15, -0.1) is 0 Å². The number of rotatable bonds is 3. The minimum absolute atomic E-state index is 0.0770. The Labute approximate surface area is 141 Å². The molecule has 5 heteroatoms. The monoisotopic (exact) mass is 322 g/mol. The Balaban J connectivity index is 2.04. The molecule has 0 aliphatic carbocycles. The first-order chi connectivity index (χ1) is 11.6. The number of ether oxygens (including phenoxy) is 2. The van der Waals surface area contributed by atoms with Crippen LogP contribution in [0.3, 0.4) is 0 Å². The highest BCUT2D eigenvalue weighted by molar-refractivity contribution is 6.08. The van der Waals surface area contributed by atoms with E-state index in [-0.39, 0.29) is 11.9 Å². The number of carbonyl (C=O) groups is 1. The Morgan fingerprint density at radius 2 is 1.92 bits per heavy atom. The zero-order valence-corrected chi connectivity index (χ0v) is 13.7. The third-order valence-corrected chi connectivity index (χ3v) is 3.79. The van der Waals surface area contributed by atoms with E-state index in [4.69, 9.17) is 14.7 Å². The van der Waals surface area contributed by atoms with Crippen molar-refractivity contribution >= 4 is 11.6 Å². The fourth-order valence-electron chi connectivity index (χ4n) is 2.75. The highest BCUT2D eigenvalue weighted by Crippen LogP contribution is 2.35. The lowest BCUT2D eigenvalue weighted by Crippen LogP contribution is -2.37. The molecule has 24 heavy (non-hydrogen) atoms. The van der Waals surface area contributed by atoms with E-state index in [0.717, 1.165) is 0 Å². The Bertz CT molecular complexity index is 808. The maximum absolute atomic E-state index is 13.2. The van der Waals surface area contributed by atoms with Gasteiger partial charge in [0, 0.05) is 11.7 Å². The van der Waals surface area contributed by atoms with Gasteiger partial charge in [0.2, 0.25) is 0 Å². The summed E-state index contributed by atoms with van der Waals surface area (Å²) in [6.07, 6.45) is 0. The quantitative estimate of drug-likeness (QED) is 0.869. The van der Waals surface area contributed by atoms with Gasteiger partial charge in [0.15, 0.2) is 11.5 Å². The number of amides is 1. The molecule has 0 saturated heterocycles. The van der Waals surface area contributed by atoms with Crippen LogP contribution in [0.2, 0.25) is 0 Å². The van der Waals surface area contributed by atoms with Gasteiger partial charge in [0.1, 0.15) is 13.2 Å². The molecule has 1 amide bonds. The van der Waals surface area contributed by atoms with E-state index >= 15 is 0 Å². The van der Waals surface area contributed by atoms with E-state index in [2.05, 4.69) is 6.07 Å². The molecule has 1 aliphatic rings. The van der Waals surface area contributed by atoms with Gasteiger partial charge in [-0.2, -0.15) is 5.26 Å². The van der Waals surface area contributed by atoms with E-state index in [1.807, 2.05) is 19.9 Å². The van der Waals surface area contributed by atoms with Gasteiger partial charge in [-0.3, -0.25) is 4.79 Å². The Hall–Kier alpha value is -3.00. The van der Waals surface area contributed by atoms with Crippen LogP contribution in [0, 0.1) is 11.3 Å². The van der Waals surface area contributed by atoms with Crippen molar-refractivity contribution in [1.29, 1.82) is 5.26 Å². The van der Waals surface area contributed by atoms with Crippen LogP contribution in [0.25, 0.3) is 0 Å². The number of hydrogen-bond acceptors (Lipinski definition) is 4. The lowest BCUT2D eigenvalue weighted by atomic mass is 10.1. The molecule has 0 fully saturated rings. The predicted molar refractivity (Wildman–Crippen MR) is 90.5 cm³/mol. The van der Waals surface area contributed by atoms with Crippen LogP contribution in [-0.2, 0) is 0 Å². The van der Waals surface area contributed by atoms with E-state index in [9.17, 15) is 4.79 Å². The predicted octanol–water partition coefficient (Wildman–Crippen LogP) is 3.38. The molecule has 0 spiro atoms.